The first kappa shape index (κ1) is 21.5. The second kappa shape index (κ2) is 9.09. The highest BCUT2D eigenvalue weighted by Crippen LogP contribution is 2.23. The smallest absolute Gasteiger partial charge is 0.282 e. The lowest BCUT2D eigenvalue weighted by atomic mass is 10.0. The number of quaternary nitrogens is 1. The van der Waals surface area contributed by atoms with Crippen molar-refractivity contribution in [3.05, 3.63) is 71.3 Å². The van der Waals surface area contributed by atoms with Crippen LogP contribution in [0.4, 0.5) is 11.4 Å². The molecule has 0 saturated carbocycles. The van der Waals surface area contributed by atoms with Crippen LogP contribution < -0.4 is 15.5 Å². The number of carbonyl (C=O) groups is 2. The van der Waals surface area contributed by atoms with Crippen molar-refractivity contribution in [3.63, 3.8) is 0 Å². The van der Waals surface area contributed by atoms with Crippen molar-refractivity contribution in [2.45, 2.75) is 33.7 Å². The molecule has 2 atom stereocenters. The average molecular weight is 405 g/mol. The number of benzene rings is 3. The maximum atomic E-state index is 12.8. The molecule has 0 fully saturated rings. The van der Waals surface area contributed by atoms with Crippen molar-refractivity contribution in [2.24, 2.45) is 0 Å². The predicted octanol–water partition coefficient (Wildman–Crippen LogP) is 3.25. The van der Waals surface area contributed by atoms with E-state index in [1.807, 2.05) is 77.2 Å². The van der Waals surface area contributed by atoms with E-state index in [4.69, 9.17) is 0 Å². The molecule has 0 aliphatic heterocycles. The highest BCUT2D eigenvalue weighted by Gasteiger charge is 2.25. The maximum Gasteiger partial charge on any atom is 0.282 e. The average Bonchev–Trinajstić information content (AvgIpc) is 2.70. The Hall–Kier alpha value is -3.18. The predicted molar refractivity (Wildman–Crippen MR) is 123 cm³/mol. The van der Waals surface area contributed by atoms with Gasteiger partial charge in [-0.15, -0.1) is 0 Å². The molecule has 156 valence electrons. The summed E-state index contributed by atoms with van der Waals surface area (Å²) in [5.74, 6) is -0.216. The van der Waals surface area contributed by atoms with E-state index in [1.54, 1.807) is 0 Å². The first-order chi connectivity index (χ1) is 14.3. The van der Waals surface area contributed by atoms with Crippen molar-refractivity contribution in [1.29, 1.82) is 0 Å². The van der Waals surface area contributed by atoms with Crippen molar-refractivity contribution in [2.75, 3.05) is 24.2 Å². The second-order valence-electron chi connectivity index (χ2n) is 8.08. The summed E-state index contributed by atoms with van der Waals surface area (Å²) >= 11 is 0. The molecule has 3 aromatic carbocycles. The third kappa shape index (κ3) is 4.86. The number of anilines is 2. The molecule has 0 aliphatic rings. The lowest BCUT2D eigenvalue weighted by molar-refractivity contribution is -0.885. The minimum absolute atomic E-state index is 0.0967. The number of carbonyl (C=O) groups excluding carboxylic acids is 2. The first-order valence-corrected chi connectivity index (χ1v) is 10.2. The van der Waals surface area contributed by atoms with E-state index >= 15 is 0 Å². The molecule has 3 aromatic rings. The number of nitrogens with one attached hydrogen (secondary N) is 3. The summed E-state index contributed by atoms with van der Waals surface area (Å²) < 4.78 is 0. The third-order valence-corrected chi connectivity index (χ3v) is 5.56. The molecule has 1 unspecified atom stereocenters. The highest BCUT2D eigenvalue weighted by atomic mass is 16.2. The SMILES string of the molecule is Cc1cc(C)c(NC(=O)[C@H](C)[NH+](C)CC(=O)Nc2cccc3ccccc23)c(C)c1. The zero-order valence-electron chi connectivity index (χ0n) is 18.3. The van der Waals surface area contributed by atoms with E-state index in [0.717, 1.165) is 38.2 Å². The molecule has 0 heterocycles. The van der Waals surface area contributed by atoms with Crippen LogP contribution in [-0.2, 0) is 9.59 Å². The number of hydrogen-bond donors (Lipinski definition) is 3. The molecule has 0 saturated heterocycles. The number of fused-ring (bicyclic) bond motifs is 1. The van der Waals surface area contributed by atoms with Crippen LogP contribution in [0.25, 0.3) is 10.8 Å². The van der Waals surface area contributed by atoms with Crippen LogP contribution in [0.2, 0.25) is 0 Å². The topological polar surface area (TPSA) is 62.6 Å². The van der Waals surface area contributed by atoms with E-state index < -0.39 is 0 Å². The van der Waals surface area contributed by atoms with E-state index in [1.165, 1.54) is 5.56 Å². The largest absolute Gasteiger partial charge is 0.321 e. The first-order valence-electron chi connectivity index (χ1n) is 10.2. The third-order valence-electron chi connectivity index (χ3n) is 5.56. The fourth-order valence-corrected chi connectivity index (χ4v) is 3.77. The molecule has 0 aliphatic carbocycles. The number of hydrogen-bond acceptors (Lipinski definition) is 2. The Morgan fingerprint density at radius 3 is 2.27 bits per heavy atom. The number of aryl methyl sites for hydroxylation is 3. The van der Waals surface area contributed by atoms with Gasteiger partial charge >= 0.3 is 0 Å². The van der Waals surface area contributed by atoms with Crippen LogP contribution in [-0.4, -0.2) is 31.4 Å². The van der Waals surface area contributed by atoms with Gasteiger partial charge in [-0.1, -0.05) is 54.1 Å². The molecule has 3 rings (SSSR count). The van der Waals surface area contributed by atoms with Gasteiger partial charge in [0.25, 0.3) is 11.8 Å². The molecule has 0 radical (unpaired) electrons. The summed E-state index contributed by atoms with van der Waals surface area (Å²) in [5.41, 5.74) is 4.89. The zero-order chi connectivity index (χ0) is 21.8. The molecular formula is C25H30N3O2+. The Bertz CT molecular complexity index is 1060. The van der Waals surface area contributed by atoms with E-state index in [-0.39, 0.29) is 24.4 Å². The quantitative estimate of drug-likeness (QED) is 0.591. The van der Waals surface area contributed by atoms with Crippen LogP contribution >= 0.6 is 0 Å². The fourth-order valence-electron chi connectivity index (χ4n) is 3.77. The Balaban J connectivity index is 1.64. The molecule has 5 nitrogen and oxygen atoms in total. The van der Waals surface area contributed by atoms with E-state index in [9.17, 15) is 9.59 Å². The van der Waals surface area contributed by atoms with Crippen LogP contribution in [0.15, 0.2) is 54.6 Å². The van der Waals surface area contributed by atoms with Gasteiger partial charge < -0.3 is 15.5 Å². The van der Waals surface area contributed by atoms with Crippen LogP contribution in [0.1, 0.15) is 23.6 Å². The van der Waals surface area contributed by atoms with Crippen LogP contribution in [0, 0.1) is 20.8 Å². The normalized spacial score (nSPS) is 13.0. The summed E-state index contributed by atoms with van der Waals surface area (Å²) in [6.45, 7) is 8.07. The lowest BCUT2D eigenvalue weighted by Crippen LogP contribution is -3.14. The standard InChI is InChI=1S/C25H29N3O2/c1-16-13-17(2)24(18(3)14-16)27-25(30)19(4)28(5)15-23(29)26-22-12-8-10-20-9-6-7-11-21(20)22/h6-14,19H,15H2,1-5H3,(H,26,29)(H,27,30)/p+1/t19-/m0/s1. The molecule has 5 heteroatoms. The van der Waals surface area contributed by atoms with Gasteiger partial charge in [-0.05, 0) is 50.3 Å². The number of amides is 2. The maximum absolute atomic E-state index is 12.8. The van der Waals surface area contributed by atoms with Gasteiger partial charge in [-0.3, -0.25) is 9.59 Å². The van der Waals surface area contributed by atoms with Gasteiger partial charge in [0.1, 0.15) is 0 Å². The van der Waals surface area contributed by atoms with Crippen molar-refractivity contribution < 1.29 is 14.5 Å². The van der Waals surface area contributed by atoms with E-state index in [2.05, 4.69) is 22.8 Å². The minimum atomic E-state index is -0.372. The second-order valence-corrected chi connectivity index (χ2v) is 8.08. The summed E-state index contributed by atoms with van der Waals surface area (Å²) in [5, 5.41) is 8.11. The van der Waals surface area contributed by atoms with Crippen LogP contribution in [0.3, 0.4) is 0 Å². The zero-order valence-corrected chi connectivity index (χ0v) is 18.3. The fraction of sp³-hybridized carbons (Fsp3) is 0.280. The van der Waals surface area contributed by atoms with Gasteiger partial charge in [-0.2, -0.15) is 0 Å². The van der Waals surface area contributed by atoms with Crippen molar-refractivity contribution >= 4 is 34.0 Å². The monoisotopic (exact) mass is 404 g/mol. The van der Waals surface area contributed by atoms with Gasteiger partial charge in [0.05, 0.1) is 7.05 Å². The molecular weight excluding hydrogens is 374 g/mol. The Morgan fingerprint density at radius 2 is 1.57 bits per heavy atom. The highest BCUT2D eigenvalue weighted by molar-refractivity contribution is 6.02. The lowest BCUT2D eigenvalue weighted by Gasteiger charge is -2.22. The minimum Gasteiger partial charge on any atom is -0.321 e. The van der Waals surface area contributed by atoms with E-state index in [0.29, 0.717) is 0 Å². The van der Waals surface area contributed by atoms with Crippen molar-refractivity contribution in [3.8, 4) is 0 Å². The summed E-state index contributed by atoms with van der Waals surface area (Å²) in [7, 11) is 1.86. The van der Waals surface area contributed by atoms with Gasteiger partial charge in [0, 0.05) is 16.8 Å². The molecule has 2 amide bonds. The molecule has 3 N–H and O–H groups in total. The molecule has 0 aromatic heterocycles. The molecule has 30 heavy (non-hydrogen) atoms. The molecule has 0 bridgehead atoms. The Kier molecular flexibility index (Phi) is 6.53. The summed E-state index contributed by atoms with van der Waals surface area (Å²) in [6.07, 6.45) is 0. The summed E-state index contributed by atoms with van der Waals surface area (Å²) in [6, 6.07) is 17.5. The Labute approximate surface area is 178 Å². The van der Waals surface area contributed by atoms with Crippen molar-refractivity contribution in [1.82, 2.24) is 0 Å². The van der Waals surface area contributed by atoms with Crippen LogP contribution in [0.5, 0.6) is 0 Å². The van der Waals surface area contributed by atoms with Gasteiger partial charge in [0.2, 0.25) is 0 Å². The summed E-state index contributed by atoms with van der Waals surface area (Å²) in [4.78, 5) is 26.3. The molecule has 0 spiro atoms. The van der Waals surface area contributed by atoms with Gasteiger partial charge in [0.15, 0.2) is 12.6 Å². The Morgan fingerprint density at radius 1 is 0.933 bits per heavy atom. The number of rotatable bonds is 6. The number of likely N-dealkylation sites (N-methyl/N-ethyl adjacent to an activating group) is 1. The van der Waals surface area contributed by atoms with Gasteiger partial charge in [-0.25, -0.2) is 0 Å².